The number of rotatable bonds is 4. The van der Waals surface area contributed by atoms with Gasteiger partial charge in [-0.05, 0) is 23.8 Å². The minimum Gasteiger partial charge on any atom is -0.484 e. The maximum Gasteiger partial charge on any atom is 0.434 e. The number of anilines is 1. The van der Waals surface area contributed by atoms with Crippen molar-refractivity contribution in [3.05, 3.63) is 52.6 Å². The van der Waals surface area contributed by atoms with Gasteiger partial charge >= 0.3 is 12.4 Å². The van der Waals surface area contributed by atoms with Gasteiger partial charge in [0.1, 0.15) is 11.6 Å². The molecule has 0 aliphatic rings. The van der Waals surface area contributed by atoms with E-state index in [1.54, 1.807) is 0 Å². The third kappa shape index (κ3) is 4.41. The molecule has 0 unspecified atom stereocenters. The monoisotopic (exact) mass is 418 g/mol. The molecule has 0 radical (unpaired) electrons. The quantitative estimate of drug-likeness (QED) is 0.654. The molecule has 2 aromatic heterocycles. The number of halogens is 6. The summed E-state index contributed by atoms with van der Waals surface area (Å²) in [5.74, 6) is -0.458. The fourth-order valence-corrected chi connectivity index (χ4v) is 2.51. The number of alkyl halides is 6. The van der Waals surface area contributed by atoms with Crippen LogP contribution < -0.4 is 15.6 Å². The number of nitrogens with zero attached hydrogens (tertiary/aromatic N) is 3. The van der Waals surface area contributed by atoms with Crippen LogP contribution in [0.3, 0.4) is 0 Å². The molecule has 3 aromatic rings. The number of fused-ring (bicyclic) bond motifs is 1. The molecule has 0 bridgehead atoms. The average molecular weight is 418 g/mol. The Labute approximate surface area is 158 Å². The molecule has 0 saturated heterocycles. The van der Waals surface area contributed by atoms with Gasteiger partial charge < -0.3 is 10.1 Å². The van der Waals surface area contributed by atoms with Crippen LogP contribution in [0.25, 0.3) is 16.9 Å². The molecular formula is C17H12F6N4O2. The maximum absolute atomic E-state index is 13.6. The van der Waals surface area contributed by atoms with Crippen LogP contribution in [0.15, 0.2) is 41.3 Å². The Morgan fingerprint density at radius 1 is 1.03 bits per heavy atom. The summed E-state index contributed by atoms with van der Waals surface area (Å²) >= 11 is 0. The van der Waals surface area contributed by atoms with E-state index >= 15 is 0 Å². The molecule has 0 saturated carbocycles. The van der Waals surface area contributed by atoms with Crippen LogP contribution in [-0.4, -0.2) is 34.2 Å². The average Bonchev–Trinajstić information content (AvgIpc) is 2.65. The number of hydrogen-bond acceptors (Lipinski definition) is 5. The first-order chi connectivity index (χ1) is 13.5. The highest BCUT2D eigenvalue weighted by atomic mass is 19.4. The van der Waals surface area contributed by atoms with Crippen molar-refractivity contribution in [1.29, 1.82) is 0 Å². The summed E-state index contributed by atoms with van der Waals surface area (Å²) in [7, 11) is 1.50. The Morgan fingerprint density at radius 3 is 2.24 bits per heavy atom. The lowest BCUT2D eigenvalue weighted by molar-refractivity contribution is -0.153. The zero-order valence-electron chi connectivity index (χ0n) is 14.6. The van der Waals surface area contributed by atoms with Gasteiger partial charge in [-0.15, -0.1) is 0 Å². The van der Waals surface area contributed by atoms with E-state index < -0.39 is 41.6 Å². The van der Waals surface area contributed by atoms with E-state index in [0.717, 1.165) is 28.7 Å². The second-order valence-corrected chi connectivity index (χ2v) is 5.80. The molecule has 3 rings (SSSR count). The van der Waals surface area contributed by atoms with Gasteiger partial charge in [-0.1, -0.05) is 12.1 Å². The normalized spacial score (nSPS) is 12.2. The molecule has 1 N–H and O–H groups in total. The lowest BCUT2D eigenvalue weighted by atomic mass is 10.0. The SMILES string of the molecule is CNc1ccn2c(=O)c(-c3ccc(OCC(F)(F)F)cc3)c(C(F)(F)F)nc2n1. The predicted molar refractivity (Wildman–Crippen MR) is 90.8 cm³/mol. The molecule has 0 fully saturated rings. The standard InChI is InChI=1S/C17H12F6N4O2/c1-24-11-6-7-27-14(28)12(13(17(21,22)23)26-15(27)25-11)9-2-4-10(5-3-9)29-8-16(18,19)20/h2-7H,8H2,1H3,(H,24,25,26). The van der Waals surface area contributed by atoms with Gasteiger partial charge in [0.25, 0.3) is 5.56 Å². The highest BCUT2D eigenvalue weighted by molar-refractivity contribution is 5.67. The Bertz CT molecular complexity index is 1090. The fraction of sp³-hybridized carbons (Fsp3) is 0.235. The molecule has 0 atom stereocenters. The second-order valence-electron chi connectivity index (χ2n) is 5.80. The molecule has 0 aliphatic heterocycles. The van der Waals surface area contributed by atoms with E-state index in [1.807, 2.05) is 0 Å². The summed E-state index contributed by atoms with van der Waals surface area (Å²) in [6.07, 6.45) is -8.32. The van der Waals surface area contributed by atoms with Gasteiger partial charge in [0.2, 0.25) is 5.78 Å². The molecule has 2 heterocycles. The molecule has 0 aliphatic carbocycles. The first kappa shape index (κ1) is 20.4. The first-order valence-electron chi connectivity index (χ1n) is 7.98. The second kappa shape index (κ2) is 7.26. The Balaban J connectivity index is 2.13. The summed E-state index contributed by atoms with van der Waals surface area (Å²) in [5.41, 5.74) is -3.41. The van der Waals surface area contributed by atoms with Crippen molar-refractivity contribution in [3.8, 4) is 16.9 Å². The van der Waals surface area contributed by atoms with Crippen LogP contribution >= 0.6 is 0 Å². The van der Waals surface area contributed by atoms with Gasteiger partial charge in [0.15, 0.2) is 12.3 Å². The number of ether oxygens (including phenoxy) is 1. The molecule has 0 amide bonds. The van der Waals surface area contributed by atoms with Crippen molar-refractivity contribution in [2.24, 2.45) is 0 Å². The molecule has 6 nitrogen and oxygen atoms in total. The number of benzene rings is 1. The summed E-state index contributed by atoms with van der Waals surface area (Å²) in [5, 5.41) is 2.63. The molecular weight excluding hydrogens is 406 g/mol. The highest BCUT2D eigenvalue weighted by Gasteiger charge is 2.38. The van der Waals surface area contributed by atoms with Crippen molar-refractivity contribution in [2.75, 3.05) is 19.0 Å². The molecule has 12 heteroatoms. The van der Waals surface area contributed by atoms with E-state index in [-0.39, 0.29) is 17.1 Å². The van der Waals surface area contributed by atoms with Crippen LogP contribution in [0.1, 0.15) is 5.69 Å². The Hall–Kier alpha value is -3.31. The van der Waals surface area contributed by atoms with Gasteiger partial charge in [0.05, 0.1) is 5.56 Å². The topological polar surface area (TPSA) is 68.5 Å². The smallest absolute Gasteiger partial charge is 0.434 e. The zero-order valence-corrected chi connectivity index (χ0v) is 14.6. The Morgan fingerprint density at radius 2 is 1.69 bits per heavy atom. The summed E-state index contributed by atoms with van der Waals surface area (Å²) < 4.78 is 82.7. The molecule has 0 spiro atoms. The summed E-state index contributed by atoms with van der Waals surface area (Å²) in [4.78, 5) is 20.0. The van der Waals surface area contributed by atoms with Crippen LogP contribution in [0.2, 0.25) is 0 Å². The Kier molecular flexibility index (Phi) is 5.11. The van der Waals surface area contributed by atoms with Gasteiger partial charge in [-0.2, -0.15) is 31.3 Å². The van der Waals surface area contributed by atoms with Crippen LogP contribution in [0.5, 0.6) is 5.75 Å². The van der Waals surface area contributed by atoms with E-state index in [9.17, 15) is 31.1 Å². The van der Waals surface area contributed by atoms with E-state index in [1.165, 1.54) is 19.3 Å². The van der Waals surface area contributed by atoms with Crippen LogP contribution in [0.4, 0.5) is 32.2 Å². The van der Waals surface area contributed by atoms with Crippen molar-refractivity contribution in [3.63, 3.8) is 0 Å². The van der Waals surface area contributed by atoms with Gasteiger partial charge in [-0.25, -0.2) is 4.98 Å². The number of hydrogen-bond donors (Lipinski definition) is 1. The maximum atomic E-state index is 13.6. The summed E-state index contributed by atoms with van der Waals surface area (Å²) in [6, 6.07) is 5.57. The van der Waals surface area contributed by atoms with Gasteiger partial charge in [-0.3, -0.25) is 9.20 Å². The van der Waals surface area contributed by atoms with Crippen LogP contribution in [0, 0.1) is 0 Å². The molecule has 154 valence electrons. The van der Waals surface area contributed by atoms with Crippen molar-refractivity contribution < 1.29 is 31.1 Å². The number of nitrogens with one attached hydrogen (secondary N) is 1. The van der Waals surface area contributed by atoms with E-state index in [4.69, 9.17) is 0 Å². The lowest BCUT2D eigenvalue weighted by Crippen LogP contribution is -2.25. The molecule has 1 aromatic carbocycles. The predicted octanol–water partition coefficient (Wildman–Crippen LogP) is 3.76. The van der Waals surface area contributed by atoms with E-state index in [0.29, 0.717) is 0 Å². The third-order valence-electron chi connectivity index (χ3n) is 3.77. The summed E-state index contributed by atoms with van der Waals surface area (Å²) in [6.45, 7) is -1.56. The largest absolute Gasteiger partial charge is 0.484 e. The molecule has 29 heavy (non-hydrogen) atoms. The van der Waals surface area contributed by atoms with Crippen molar-refractivity contribution in [2.45, 2.75) is 12.4 Å². The minimum atomic E-state index is -4.97. The zero-order chi connectivity index (χ0) is 21.4. The van der Waals surface area contributed by atoms with Gasteiger partial charge in [0, 0.05) is 13.2 Å². The number of aromatic nitrogens is 3. The van der Waals surface area contributed by atoms with E-state index in [2.05, 4.69) is 20.0 Å². The first-order valence-corrected chi connectivity index (χ1v) is 7.98. The third-order valence-corrected chi connectivity index (χ3v) is 3.77. The minimum absolute atomic E-state index is 0.179. The van der Waals surface area contributed by atoms with Crippen molar-refractivity contribution in [1.82, 2.24) is 14.4 Å². The fourth-order valence-electron chi connectivity index (χ4n) is 2.51. The van der Waals surface area contributed by atoms with Crippen LogP contribution in [-0.2, 0) is 6.18 Å². The van der Waals surface area contributed by atoms with Crippen molar-refractivity contribution >= 4 is 11.6 Å². The lowest BCUT2D eigenvalue weighted by Gasteiger charge is -2.14. The highest BCUT2D eigenvalue weighted by Crippen LogP contribution is 2.34.